The number of hydrogen-bond donors (Lipinski definition) is 3. The van der Waals surface area contributed by atoms with E-state index in [1.54, 1.807) is 6.08 Å². The third-order valence-corrected chi connectivity index (χ3v) is 5.86. The number of hydrogen-bond acceptors (Lipinski definition) is 5. The highest BCUT2D eigenvalue weighted by Crippen LogP contribution is 2.43. The van der Waals surface area contributed by atoms with Crippen LogP contribution in [0.2, 0.25) is 0 Å². The van der Waals surface area contributed by atoms with E-state index in [9.17, 15) is 10.4 Å². The Morgan fingerprint density at radius 3 is 2.90 bits per heavy atom. The molecule has 0 aromatic rings. The lowest BCUT2D eigenvalue weighted by molar-refractivity contribution is 0.218. The molecule has 3 N–H and O–H groups in total. The minimum atomic E-state index is 0.189. The Bertz CT molecular complexity index is 711. The van der Waals surface area contributed by atoms with Crippen LogP contribution in [0.5, 0.6) is 0 Å². The molecule has 156 valence electrons. The van der Waals surface area contributed by atoms with E-state index in [2.05, 4.69) is 41.2 Å². The monoisotopic (exact) mass is 394 g/mol. The van der Waals surface area contributed by atoms with Gasteiger partial charge in [-0.3, -0.25) is 4.99 Å². The van der Waals surface area contributed by atoms with Gasteiger partial charge in [0.25, 0.3) is 0 Å². The summed E-state index contributed by atoms with van der Waals surface area (Å²) in [6.45, 7) is 5.69. The Morgan fingerprint density at radius 2 is 2.24 bits per heavy atom. The van der Waals surface area contributed by atoms with Crippen molar-refractivity contribution >= 4 is 12.4 Å². The number of aliphatic hydroxyl groups is 1. The summed E-state index contributed by atoms with van der Waals surface area (Å²) in [5.74, 6) is 1.09. The van der Waals surface area contributed by atoms with Gasteiger partial charge in [0.2, 0.25) is 0 Å². The highest BCUT2D eigenvalue weighted by molar-refractivity contribution is 5.77. The topological polar surface area (TPSA) is 92.3 Å². The molecule has 5 nitrogen and oxygen atoms in total. The second kappa shape index (κ2) is 13.0. The number of nitrogens with one attached hydrogen (secondary N) is 2. The number of nitrogens with zero attached hydrogens (tertiary/aromatic N) is 2. The molecule has 0 spiro atoms. The van der Waals surface area contributed by atoms with E-state index in [-0.39, 0.29) is 6.61 Å². The fourth-order valence-corrected chi connectivity index (χ4v) is 3.99. The van der Waals surface area contributed by atoms with Crippen molar-refractivity contribution in [2.75, 3.05) is 19.7 Å². The molecule has 3 unspecified atom stereocenters. The number of allylic oxidation sites excluding steroid dienone is 7. The van der Waals surface area contributed by atoms with Crippen molar-refractivity contribution in [3.05, 3.63) is 47.7 Å². The van der Waals surface area contributed by atoms with Crippen LogP contribution in [-0.4, -0.2) is 37.2 Å². The maximum Gasteiger partial charge on any atom is 0.0969 e. The fraction of sp³-hybridized carbons (Fsp3) is 0.542. The molecule has 29 heavy (non-hydrogen) atoms. The molecule has 0 aromatic carbocycles. The maximum atomic E-state index is 9.57. The van der Waals surface area contributed by atoms with Crippen LogP contribution in [0.25, 0.3) is 0 Å². The third-order valence-electron chi connectivity index (χ3n) is 5.86. The molecule has 0 amide bonds. The molecular formula is C24H34N4O. The van der Waals surface area contributed by atoms with Crippen molar-refractivity contribution < 1.29 is 5.11 Å². The zero-order valence-electron chi connectivity index (χ0n) is 17.3. The predicted molar refractivity (Wildman–Crippen MR) is 120 cm³/mol. The first-order chi connectivity index (χ1) is 14.2. The summed E-state index contributed by atoms with van der Waals surface area (Å²) in [7, 11) is 0. The first kappa shape index (κ1) is 23.0. The van der Waals surface area contributed by atoms with E-state index in [0.717, 1.165) is 62.9 Å². The van der Waals surface area contributed by atoms with E-state index < -0.39 is 0 Å². The lowest BCUT2D eigenvalue weighted by Gasteiger charge is -2.37. The average Bonchev–Trinajstić information content (AvgIpc) is 2.71. The zero-order valence-corrected chi connectivity index (χ0v) is 17.3. The van der Waals surface area contributed by atoms with Crippen LogP contribution in [0.1, 0.15) is 44.9 Å². The lowest BCUT2D eigenvalue weighted by atomic mass is 9.67. The number of aliphatic hydroxyl groups excluding tert-OH is 1. The Hall–Kier alpha value is -2.29. The van der Waals surface area contributed by atoms with Crippen molar-refractivity contribution in [1.29, 1.82) is 10.7 Å². The molecular weight excluding hydrogens is 360 g/mol. The van der Waals surface area contributed by atoms with E-state index in [1.165, 1.54) is 6.21 Å². The van der Waals surface area contributed by atoms with E-state index in [1.807, 2.05) is 6.21 Å². The Kier molecular flexibility index (Phi) is 10.3. The Morgan fingerprint density at radius 1 is 1.38 bits per heavy atom. The summed E-state index contributed by atoms with van der Waals surface area (Å²) in [4.78, 5) is 4.68. The van der Waals surface area contributed by atoms with Crippen LogP contribution in [0.3, 0.4) is 0 Å². The van der Waals surface area contributed by atoms with Crippen LogP contribution in [-0.2, 0) is 0 Å². The van der Waals surface area contributed by atoms with Crippen LogP contribution >= 0.6 is 0 Å². The smallest absolute Gasteiger partial charge is 0.0969 e. The number of nitriles is 1. The fourth-order valence-electron chi connectivity index (χ4n) is 3.99. The summed E-state index contributed by atoms with van der Waals surface area (Å²) in [6, 6.07) is 2.31. The van der Waals surface area contributed by atoms with Crippen LogP contribution in [0.4, 0.5) is 0 Å². The summed E-state index contributed by atoms with van der Waals surface area (Å²) in [5.41, 5.74) is 2.61. The van der Waals surface area contributed by atoms with Crippen LogP contribution in [0.15, 0.2) is 52.7 Å². The van der Waals surface area contributed by atoms with Gasteiger partial charge < -0.3 is 15.8 Å². The SMILES string of the molecule is C=CC/C(C#N)=C1CC2CCC2/C(C=N)=C/C=C/C(CCO)CCNCC\C=N/1. The van der Waals surface area contributed by atoms with Crippen LogP contribution in [0, 0.1) is 34.5 Å². The second-order valence-corrected chi connectivity index (χ2v) is 7.79. The van der Waals surface area contributed by atoms with Crippen molar-refractivity contribution in [1.82, 2.24) is 5.32 Å². The summed E-state index contributed by atoms with van der Waals surface area (Å²) >= 11 is 0. The molecule has 1 aliphatic carbocycles. The third kappa shape index (κ3) is 7.23. The molecule has 3 atom stereocenters. The number of fused-ring (bicyclic) bond motifs is 1. The van der Waals surface area contributed by atoms with Gasteiger partial charge in [0, 0.05) is 32.0 Å². The minimum Gasteiger partial charge on any atom is -0.396 e. The first-order valence-corrected chi connectivity index (χ1v) is 10.7. The molecule has 2 rings (SSSR count). The van der Waals surface area contributed by atoms with Gasteiger partial charge in [-0.05, 0) is 68.4 Å². The van der Waals surface area contributed by atoms with Gasteiger partial charge in [0.05, 0.1) is 17.3 Å². The summed E-state index contributed by atoms with van der Waals surface area (Å²) in [6.07, 6.45) is 17.4. The predicted octanol–water partition coefficient (Wildman–Crippen LogP) is 4.34. The van der Waals surface area contributed by atoms with E-state index in [0.29, 0.717) is 29.7 Å². The Balaban J connectivity index is 2.27. The first-order valence-electron chi connectivity index (χ1n) is 10.7. The molecule has 0 aromatic heterocycles. The average molecular weight is 395 g/mol. The molecule has 2 aliphatic rings. The second-order valence-electron chi connectivity index (χ2n) is 7.79. The normalized spacial score (nSPS) is 31.7. The number of aliphatic imine (C=N–C) groups is 1. The summed E-state index contributed by atoms with van der Waals surface area (Å²) in [5, 5.41) is 30.2. The Labute approximate surface area is 175 Å². The standard InChI is InChI=1S/C24H34N4O/c1-2-5-22(18-26)24-16-20-8-9-23(20)21(17-25)7-3-6-19(11-15-29)10-14-27-12-4-13-28-24/h2-3,6-7,13,17,19-20,23,25,27,29H,1,4-5,8-12,14-16H2/b6-3+,21-7+,24-22+,25-17?,28-13-. The van der Waals surface area contributed by atoms with Crippen molar-refractivity contribution in [3.63, 3.8) is 0 Å². The van der Waals surface area contributed by atoms with Crippen molar-refractivity contribution in [2.45, 2.75) is 44.9 Å². The van der Waals surface area contributed by atoms with Gasteiger partial charge >= 0.3 is 0 Å². The van der Waals surface area contributed by atoms with E-state index in [4.69, 9.17) is 5.41 Å². The highest BCUT2D eigenvalue weighted by atomic mass is 16.3. The van der Waals surface area contributed by atoms with Gasteiger partial charge in [0.1, 0.15) is 0 Å². The maximum absolute atomic E-state index is 9.57. The molecule has 1 fully saturated rings. The molecule has 0 radical (unpaired) electrons. The molecule has 1 aliphatic heterocycles. The minimum absolute atomic E-state index is 0.189. The largest absolute Gasteiger partial charge is 0.396 e. The molecule has 0 saturated heterocycles. The van der Waals surface area contributed by atoms with Gasteiger partial charge in [0.15, 0.2) is 0 Å². The van der Waals surface area contributed by atoms with Crippen molar-refractivity contribution in [3.8, 4) is 6.07 Å². The quantitative estimate of drug-likeness (QED) is 0.368. The zero-order chi connectivity index (χ0) is 20.9. The lowest BCUT2D eigenvalue weighted by Crippen LogP contribution is -2.28. The van der Waals surface area contributed by atoms with Gasteiger partial charge in [-0.15, -0.1) is 6.58 Å². The van der Waals surface area contributed by atoms with Gasteiger partial charge in [-0.1, -0.05) is 24.3 Å². The van der Waals surface area contributed by atoms with Gasteiger partial charge in [-0.25, -0.2) is 0 Å². The van der Waals surface area contributed by atoms with Gasteiger partial charge in [-0.2, -0.15) is 5.26 Å². The van der Waals surface area contributed by atoms with Crippen molar-refractivity contribution in [2.24, 2.45) is 22.7 Å². The number of rotatable bonds is 5. The molecule has 0 bridgehead atoms. The molecule has 1 heterocycles. The van der Waals surface area contributed by atoms with E-state index >= 15 is 0 Å². The molecule has 5 heteroatoms. The highest BCUT2D eigenvalue weighted by Gasteiger charge is 2.33. The van der Waals surface area contributed by atoms with Crippen LogP contribution < -0.4 is 5.32 Å². The molecule has 1 saturated carbocycles. The summed E-state index contributed by atoms with van der Waals surface area (Å²) < 4.78 is 0.